The van der Waals surface area contributed by atoms with E-state index in [1.165, 1.54) is 11.1 Å². The Morgan fingerprint density at radius 3 is 2.65 bits per heavy atom. The molecular formula is C16H23N3O. The Hall–Kier alpha value is -1.84. The van der Waals surface area contributed by atoms with Crippen LogP contribution in [0.1, 0.15) is 37.1 Å². The van der Waals surface area contributed by atoms with E-state index in [2.05, 4.69) is 42.4 Å². The lowest BCUT2D eigenvalue weighted by molar-refractivity contribution is 0.317. The maximum absolute atomic E-state index is 5.69. The van der Waals surface area contributed by atoms with E-state index < -0.39 is 0 Å². The quantitative estimate of drug-likeness (QED) is 0.778. The normalized spacial score (nSPS) is 10.8. The second-order valence-electron chi connectivity index (χ2n) is 5.02. The molecule has 0 unspecified atom stereocenters. The molecule has 0 saturated heterocycles. The van der Waals surface area contributed by atoms with Crippen LogP contribution in [0, 0.1) is 0 Å². The molecule has 0 saturated carbocycles. The van der Waals surface area contributed by atoms with E-state index in [0.717, 1.165) is 43.7 Å². The Balaban J connectivity index is 2.03. The van der Waals surface area contributed by atoms with Crippen molar-refractivity contribution >= 4 is 0 Å². The molecule has 2 aromatic rings. The molecule has 0 fully saturated rings. The molecule has 20 heavy (non-hydrogen) atoms. The SMILES string of the molecule is CCCOc1ccc(CCc2cn(C)nn2)c(CC)c1. The van der Waals surface area contributed by atoms with Gasteiger partial charge in [-0.2, -0.15) is 0 Å². The van der Waals surface area contributed by atoms with E-state index in [1.54, 1.807) is 4.68 Å². The lowest BCUT2D eigenvalue weighted by Crippen LogP contribution is -2.00. The van der Waals surface area contributed by atoms with Crippen molar-refractivity contribution in [3.05, 3.63) is 41.2 Å². The summed E-state index contributed by atoms with van der Waals surface area (Å²) >= 11 is 0. The molecule has 108 valence electrons. The van der Waals surface area contributed by atoms with Crippen molar-refractivity contribution in [3.63, 3.8) is 0 Å². The number of hydrogen-bond donors (Lipinski definition) is 0. The molecule has 4 nitrogen and oxygen atoms in total. The third-order valence-electron chi connectivity index (χ3n) is 3.33. The zero-order valence-corrected chi connectivity index (χ0v) is 12.6. The van der Waals surface area contributed by atoms with Crippen molar-refractivity contribution in [2.45, 2.75) is 39.5 Å². The van der Waals surface area contributed by atoms with E-state index in [4.69, 9.17) is 4.74 Å². The zero-order chi connectivity index (χ0) is 14.4. The van der Waals surface area contributed by atoms with Gasteiger partial charge in [-0.15, -0.1) is 5.10 Å². The van der Waals surface area contributed by atoms with Gasteiger partial charge in [0.2, 0.25) is 0 Å². The topological polar surface area (TPSA) is 39.9 Å². The summed E-state index contributed by atoms with van der Waals surface area (Å²) in [5, 5.41) is 8.10. The fourth-order valence-electron chi connectivity index (χ4n) is 2.26. The third kappa shape index (κ3) is 3.83. The van der Waals surface area contributed by atoms with Gasteiger partial charge >= 0.3 is 0 Å². The average molecular weight is 273 g/mol. The first-order valence-electron chi connectivity index (χ1n) is 7.32. The summed E-state index contributed by atoms with van der Waals surface area (Å²) in [5.74, 6) is 0.979. The Kier molecular flexibility index (Phi) is 5.16. The third-order valence-corrected chi connectivity index (χ3v) is 3.33. The summed E-state index contributed by atoms with van der Waals surface area (Å²) in [7, 11) is 1.90. The number of benzene rings is 1. The minimum atomic E-state index is 0.780. The van der Waals surface area contributed by atoms with Gasteiger partial charge in [0.25, 0.3) is 0 Å². The highest BCUT2D eigenvalue weighted by molar-refractivity contribution is 5.36. The van der Waals surface area contributed by atoms with Crippen molar-refractivity contribution in [1.29, 1.82) is 0 Å². The molecule has 0 aliphatic rings. The van der Waals surface area contributed by atoms with Crippen LogP contribution in [0.15, 0.2) is 24.4 Å². The molecule has 0 atom stereocenters. The highest BCUT2D eigenvalue weighted by Gasteiger charge is 2.05. The van der Waals surface area contributed by atoms with Crippen LogP contribution in [0.2, 0.25) is 0 Å². The van der Waals surface area contributed by atoms with Gasteiger partial charge in [0, 0.05) is 13.2 Å². The summed E-state index contributed by atoms with van der Waals surface area (Å²) < 4.78 is 7.44. The smallest absolute Gasteiger partial charge is 0.119 e. The van der Waals surface area contributed by atoms with Crippen LogP contribution in [0.3, 0.4) is 0 Å². The summed E-state index contributed by atoms with van der Waals surface area (Å²) in [5.41, 5.74) is 3.78. The predicted molar refractivity (Wildman–Crippen MR) is 80.0 cm³/mol. The van der Waals surface area contributed by atoms with E-state index in [1.807, 2.05) is 13.2 Å². The molecule has 0 amide bonds. The first-order valence-corrected chi connectivity index (χ1v) is 7.32. The average Bonchev–Trinajstić information content (AvgIpc) is 2.88. The Bertz CT molecular complexity index is 548. The van der Waals surface area contributed by atoms with Gasteiger partial charge in [-0.1, -0.05) is 25.1 Å². The van der Waals surface area contributed by atoms with Crippen LogP contribution in [0.4, 0.5) is 0 Å². The largest absolute Gasteiger partial charge is 0.494 e. The van der Waals surface area contributed by atoms with Crippen molar-refractivity contribution in [2.24, 2.45) is 7.05 Å². The summed E-state index contributed by atoms with van der Waals surface area (Å²) in [6.45, 7) is 5.09. The van der Waals surface area contributed by atoms with Gasteiger partial charge < -0.3 is 4.74 Å². The standard InChI is InChI=1S/C16H23N3O/c1-4-10-20-16-9-7-14(13(5-2)11-16)6-8-15-12-19(3)18-17-15/h7,9,11-12H,4-6,8,10H2,1-3H3. The first-order chi connectivity index (χ1) is 9.72. The second kappa shape index (κ2) is 7.08. The van der Waals surface area contributed by atoms with Gasteiger partial charge in [-0.05, 0) is 48.9 Å². The monoisotopic (exact) mass is 273 g/mol. The van der Waals surface area contributed by atoms with E-state index in [9.17, 15) is 0 Å². The summed E-state index contributed by atoms with van der Waals surface area (Å²) in [4.78, 5) is 0. The fraction of sp³-hybridized carbons (Fsp3) is 0.500. The maximum atomic E-state index is 5.69. The van der Waals surface area contributed by atoms with Gasteiger partial charge in [0.15, 0.2) is 0 Å². The number of aryl methyl sites for hydroxylation is 4. The minimum Gasteiger partial charge on any atom is -0.494 e. The number of hydrogen-bond acceptors (Lipinski definition) is 3. The Labute approximate surface area is 120 Å². The highest BCUT2D eigenvalue weighted by atomic mass is 16.5. The molecule has 0 bridgehead atoms. The summed E-state index contributed by atoms with van der Waals surface area (Å²) in [6.07, 6.45) is 5.96. The van der Waals surface area contributed by atoms with Crippen LogP contribution in [-0.2, 0) is 26.3 Å². The highest BCUT2D eigenvalue weighted by Crippen LogP contribution is 2.20. The minimum absolute atomic E-state index is 0.780. The number of rotatable bonds is 7. The predicted octanol–water partition coefficient (Wildman–Crippen LogP) is 2.95. The zero-order valence-electron chi connectivity index (χ0n) is 12.6. The van der Waals surface area contributed by atoms with Crippen molar-refractivity contribution in [3.8, 4) is 5.75 Å². The first kappa shape index (κ1) is 14.6. The van der Waals surface area contributed by atoms with Gasteiger partial charge in [0.1, 0.15) is 5.75 Å². The molecule has 1 heterocycles. The maximum Gasteiger partial charge on any atom is 0.119 e. The fourth-order valence-corrected chi connectivity index (χ4v) is 2.26. The Morgan fingerprint density at radius 2 is 2.00 bits per heavy atom. The molecule has 0 aliphatic carbocycles. The number of aromatic nitrogens is 3. The number of ether oxygens (including phenoxy) is 1. The molecule has 0 N–H and O–H groups in total. The van der Waals surface area contributed by atoms with Crippen molar-refractivity contribution < 1.29 is 4.74 Å². The molecule has 1 aromatic carbocycles. The van der Waals surface area contributed by atoms with Crippen molar-refractivity contribution in [1.82, 2.24) is 15.0 Å². The lowest BCUT2D eigenvalue weighted by Gasteiger charge is -2.11. The molecule has 0 radical (unpaired) electrons. The molecule has 1 aromatic heterocycles. The Morgan fingerprint density at radius 1 is 1.15 bits per heavy atom. The molecule has 4 heteroatoms. The van der Waals surface area contributed by atoms with Crippen LogP contribution in [0.5, 0.6) is 5.75 Å². The van der Waals surface area contributed by atoms with E-state index in [0.29, 0.717) is 0 Å². The molecule has 0 aliphatic heterocycles. The second-order valence-corrected chi connectivity index (χ2v) is 5.02. The summed E-state index contributed by atoms with van der Waals surface area (Å²) in [6, 6.07) is 6.42. The van der Waals surface area contributed by atoms with Crippen molar-refractivity contribution in [2.75, 3.05) is 6.61 Å². The van der Waals surface area contributed by atoms with Crippen LogP contribution in [0.25, 0.3) is 0 Å². The van der Waals surface area contributed by atoms with Gasteiger partial charge in [0.05, 0.1) is 12.3 Å². The van der Waals surface area contributed by atoms with E-state index >= 15 is 0 Å². The van der Waals surface area contributed by atoms with Gasteiger partial charge in [-0.25, -0.2) is 0 Å². The van der Waals surface area contributed by atoms with Gasteiger partial charge in [-0.3, -0.25) is 4.68 Å². The van der Waals surface area contributed by atoms with Crippen LogP contribution in [-0.4, -0.2) is 21.6 Å². The van der Waals surface area contributed by atoms with E-state index in [-0.39, 0.29) is 0 Å². The molecule has 2 rings (SSSR count). The molecular weight excluding hydrogens is 250 g/mol. The van der Waals surface area contributed by atoms with Crippen LogP contribution >= 0.6 is 0 Å². The van der Waals surface area contributed by atoms with Crippen LogP contribution < -0.4 is 4.74 Å². The lowest BCUT2D eigenvalue weighted by atomic mass is 10.00. The molecule has 0 spiro atoms. The number of nitrogens with zero attached hydrogens (tertiary/aromatic N) is 3.